The highest BCUT2D eigenvalue weighted by Crippen LogP contribution is 2.24. The van der Waals surface area contributed by atoms with Gasteiger partial charge in [-0.1, -0.05) is 20.8 Å². The maximum atomic E-state index is 12.5. The number of nitrogens with zero attached hydrogens (tertiary/aromatic N) is 1. The molecule has 0 fully saturated rings. The fourth-order valence-electron chi connectivity index (χ4n) is 1.78. The van der Waals surface area contributed by atoms with Crippen LogP contribution in [0.3, 0.4) is 0 Å². The summed E-state index contributed by atoms with van der Waals surface area (Å²) in [5.41, 5.74) is 0. The minimum absolute atomic E-state index is 0.0124. The Morgan fingerprint density at radius 2 is 2.00 bits per heavy atom. The highest BCUT2D eigenvalue weighted by atomic mass is 32.2. The SMILES string of the molecule is CCCNCc1cc(S(=O)(=O)N(C)C(C)C(C)C)cs1. The Morgan fingerprint density at radius 3 is 2.55 bits per heavy atom. The van der Waals surface area contributed by atoms with Crippen molar-refractivity contribution < 1.29 is 8.42 Å². The molecule has 6 heteroatoms. The van der Waals surface area contributed by atoms with Crippen LogP contribution in [0.15, 0.2) is 16.3 Å². The van der Waals surface area contributed by atoms with E-state index in [1.54, 1.807) is 18.5 Å². The van der Waals surface area contributed by atoms with E-state index in [1.807, 2.05) is 20.8 Å². The van der Waals surface area contributed by atoms with E-state index >= 15 is 0 Å². The molecule has 1 aromatic heterocycles. The van der Waals surface area contributed by atoms with Crippen LogP contribution in [0, 0.1) is 5.92 Å². The van der Waals surface area contributed by atoms with Crippen molar-refractivity contribution in [1.29, 1.82) is 0 Å². The third-order valence-corrected chi connectivity index (χ3v) is 6.58. The van der Waals surface area contributed by atoms with E-state index in [9.17, 15) is 8.42 Å². The molecule has 1 unspecified atom stereocenters. The fraction of sp³-hybridized carbons (Fsp3) is 0.714. The van der Waals surface area contributed by atoms with Crippen LogP contribution in [0.1, 0.15) is 39.0 Å². The number of rotatable bonds is 8. The molecule has 1 atom stereocenters. The molecule has 0 spiro atoms. The molecule has 0 bridgehead atoms. The molecule has 0 saturated carbocycles. The van der Waals surface area contributed by atoms with E-state index in [2.05, 4.69) is 12.2 Å². The molecule has 1 aromatic rings. The first-order chi connectivity index (χ1) is 9.30. The van der Waals surface area contributed by atoms with Crippen molar-refractivity contribution in [2.24, 2.45) is 5.92 Å². The monoisotopic (exact) mass is 318 g/mol. The summed E-state index contributed by atoms with van der Waals surface area (Å²) in [6.45, 7) is 9.80. The lowest BCUT2D eigenvalue weighted by molar-refractivity contribution is 0.316. The van der Waals surface area contributed by atoms with Crippen molar-refractivity contribution in [3.63, 3.8) is 0 Å². The predicted molar refractivity (Wildman–Crippen MR) is 85.6 cm³/mol. The first-order valence-corrected chi connectivity index (χ1v) is 9.38. The fourth-order valence-corrected chi connectivity index (χ4v) is 4.51. The summed E-state index contributed by atoms with van der Waals surface area (Å²) in [5, 5.41) is 5.03. The molecule has 0 amide bonds. The Balaban J connectivity index is 2.83. The number of thiophene rings is 1. The van der Waals surface area contributed by atoms with Gasteiger partial charge in [-0.15, -0.1) is 11.3 Å². The molecule has 1 N–H and O–H groups in total. The predicted octanol–water partition coefficient (Wildman–Crippen LogP) is 2.91. The van der Waals surface area contributed by atoms with Gasteiger partial charge in [0.15, 0.2) is 0 Å². The van der Waals surface area contributed by atoms with Crippen molar-refractivity contribution in [3.05, 3.63) is 16.3 Å². The number of sulfonamides is 1. The van der Waals surface area contributed by atoms with Gasteiger partial charge in [0, 0.05) is 29.9 Å². The summed E-state index contributed by atoms with van der Waals surface area (Å²) in [5.74, 6) is 0.291. The third kappa shape index (κ3) is 4.28. The van der Waals surface area contributed by atoms with Crippen LogP contribution in [0.25, 0.3) is 0 Å². The van der Waals surface area contributed by atoms with Gasteiger partial charge in [0.05, 0.1) is 4.90 Å². The Morgan fingerprint density at radius 1 is 1.35 bits per heavy atom. The van der Waals surface area contributed by atoms with Gasteiger partial charge in [-0.05, 0) is 31.9 Å². The van der Waals surface area contributed by atoms with Gasteiger partial charge in [-0.3, -0.25) is 0 Å². The van der Waals surface area contributed by atoms with Crippen molar-refractivity contribution in [3.8, 4) is 0 Å². The molecule has 0 radical (unpaired) electrons. The second-order valence-electron chi connectivity index (χ2n) is 5.43. The summed E-state index contributed by atoms with van der Waals surface area (Å²) in [6.07, 6.45) is 1.07. The van der Waals surface area contributed by atoms with E-state index < -0.39 is 10.0 Å². The van der Waals surface area contributed by atoms with Crippen molar-refractivity contribution in [2.45, 2.75) is 51.6 Å². The van der Waals surface area contributed by atoms with Gasteiger partial charge in [0.2, 0.25) is 10.0 Å². The van der Waals surface area contributed by atoms with E-state index in [-0.39, 0.29) is 6.04 Å². The first-order valence-electron chi connectivity index (χ1n) is 7.06. The summed E-state index contributed by atoms with van der Waals surface area (Å²) < 4.78 is 26.5. The lowest BCUT2D eigenvalue weighted by Crippen LogP contribution is -2.38. The van der Waals surface area contributed by atoms with Crippen LogP contribution in [0.4, 0.5) is 0 Å². The van der Waals surface area contributed by atoms with Gasteiger partial charge in [-0.25, -0.2) is 8.42 Å². The standard InChI is InChI=1S/C14H26N2O2S2/c1-6-7-15-9-13-8-14(10-19-13)20(17,18)16(5)12(4)11(2)3/h8,10-12,15H,6-7,9H2,1-5H3. The Kier molecular flexibility index (Phi) is 6.64. The zero-order chi connectivity index (χ0) is 15.3. The van der Waals surface area contributed by atoms with Crippen LogP contribution in [0.2, 0.25) is 0 Å². The van der Waals surface area contributed by atoms with Gasteiger partial charge < -0.3 is 5.32 Å². The lowest BCUT2D eigenvalue weighted by Gasteiger charge is -2.26. The summed E-state index contributed by atoms with van der Waals surface area (Å²) in [6, 6.07) is 1.77. The lowest BCUT2D eigenvalue weighted by atomic mass is 10.1. The van der Waals surface area contributed by atoms with Gasteiger partial charge in [-0.2, -0.15) is 4.31 Å². The Labute approximate surface area is 127 Å². The van der Waals surface area contributed by atoms with Crippen molar-refractivity contribution in [1.82, 2.24) is 9.62 Å². The van der Waals surface area contributed by atoms with Crippen LogP contribution in [0.5, 0.6) is 0 Å². The Bertz CT molecular complexity index is 509. The molecular weight excluding hydrogens is 292 g/mol. The zero-order valence-electron chi connectivity index (χ0n) is 13.0. The van der Waals surface area contributed by atoms with Crippen molar-refractivity contribution in [2.75, 3.05) is 13.6 Å². The molecule has 1 rings (SSSR count). The number of hydrogen-bond acceptors (Lipinski definition) is 4. The summed E-state index contributed by atoms with van der Waals surface area (Å²) in [4.78, 5) is 1.47. The molecule has 1 heterocycles. The number of nitrogens with one attached hydrogen (secondary N) is 1. The maximum Gasteiger partial charge on any atom is 0.243 e. The van der Waals surface area contributed by atoms with Crippen LogP contribution >= 0.6 is 11.3 Å². The smallest absolute Gasteiger partial charge is 0.243 e. The molecule has 4 nitrogen and oxygen atoms in total. The average molecular weight is 319 g/mol. The largest absolute Gasteiger partial charge is 0.312 e. The molecule has 20 heavy (non-hydrogen) atoms. The van der Waals surface area contributed by atoms with E-state index in [0.717, 1.165) is 24.4 Å². The molecule has 0 aliphatic heterocycles. The van der Waals surface area contributed by atoms with E-state index in [0.29, 0.717) is 10.8 Å². The first kappa shape index (κ1) is 17.6. The highest BCUT2D eigenvalue weighted by Gasteiger charge is 2.27. The highest BCUT2D eigenvalue weighted by molar-refractivity contribution is 7.89. The van der Waals surface area contributed by atoms with E-state index in [1.165, 1.54) is 15.6 Å². The molecule has 0 aliphatic rings. The quantitative estimate of drug-likeness (QED) is 0.750. The van der Waals surface area contributed by atoms with E-state index in [4.69, 9.17) is 0 Å². The molecular formula is C14H26N2O2S2. The molecule has 0 aromatic carbocycles. The zero-order valence-corrected chi connectivity index (χ0v) is 14.6. The molecule has 0 aliphatic carbocycles. The second kappa shape index (κ2) is 7.54. The normalized spacial score (nSPS) is 14.2. The molecule has 116 valence electrons. The van der Waals surface area contributed by atoms with Gasteiger partial charge >= 0.3 is 0 Å². The Hall–Kier alpha value is -0.430. The summed E-state index contributed by atoms with van der Waals surface area (Å²) in [7, 11) is -1.72. The third-order valence-electron chi connectivity index (χ3n) is 3.57. The van der Waals surface area contributed by atoms with Gasteiger partial charge in [0.1, 0.15) is 0 Å². The molecule has 0 saturated heterocycles. The maximum absolute atomic E-state index is 12.5. The van der Waals surface area contributed by atoms with Gasteiger partial charge in [0.25, 0.3) is 0 Å². The minimum Gasteiger partial charge on any atom is -0.312 e. The van der Waals surface area contributed by atoms with Crippen LogP contribution in [-0.4, -0.2) is 32.4 Å². The summed E-state index contributed by atoms with van der Waals surface area (Å²) >= 11 is 1.50. The van der Waals surface area contributed by atoms with Crippen LogP contribution < -0.4 is 5.32 Å². The topological polar surface area (TPSA) is 49.4 Å². The minimum atomic E-state index is -3.38. The average Bonchev–Trinajstić information content (AvgIpc) is 2.86. The van der Waals surface area contributed by atoms with Crippen molar-refractivity contribution >= 4 is 21.4 Å². The second-order valence-corrected chi connectivity index (χ2v) is 8.42. The van der Waals surface area contributed by atoms with Crippen LogP contribution in [-0.2, 0) is 16.6 Å². The number of hydrogen-bond donors (Lipinski definition) is 1.